The minimum Gasteiger partial charge on any atom is -0.507 e. The summed E-state index contributed by atoms with van der Waals surface area (Å²) in [7, 11) is 1.33. The van der Waals surface area contributed by atoms with Crippen LogP contribution >= 0.6 is 30.1 Å². The highest BCUT2D eigenvalue weighted by Crippen LogP contribution is 2.18. The van der Waals surface area contributed by atoms with Gasteiger partial charge in [0.15, 0.2) is 6.29 Å². The van der Waals surface area contributed by atoms with Crippen molar-refractivity contribution in [3.05, 3.63) is 29.3 Å². The Morgan fingerprint density at radius 2 is 2.31 bits per heavy atom. The molecule has 0 aliphatic rings. The molecule has 1 aromatic carbocycles. The number of carbonyl (C=O) groups excluding carboxylic acids is 1. The van der Waals surface area contributed by atoms with E-state index in [1.165, 1.54) is 15.0 Å². The molecular formula is C9H5IO2S. The molecule has 0 spiro atoms. The Morgan fingerprint density at radius 1 is 1.54 bits per heavy atom. The Labute approximate surface area is 92.3 Å². The van der Waals surface area contributed by atoms with E-state index in [1.807, 2.05) is 21.2 Å². The number of carbonyl (C=O) groups is 1. The molecule has 0 aromatic heterocycles. The quantitative estimate of drug-likeness (QED) is 0.492. The molecule has 0 saturated carbocycles. The highest BCUT2D eigenvalue weighted by atomic mass is 127. The van der Waals surface area contributed by atoms with Crippen LogP contribution in [0.1, 0.15) is 15.9 Å². The number of hydrogen-bond donors (Lipinski definition) is 1. The van der Waals surface area contributed by atoms with E-state index in [0.29, 0.717) is 11.8 Å². The third kappa shape index (κ3) is 2.64. The molecule has 1 aromatic rings. The molecule has 2 nitrogen and oxygen atoms in total. The van der Waals surface area contributed by atoms with Crippen LogP contribution in [0, 0.1) is 11.2 Å². The van der Waals surface area contributed by atoms with Crippen LogP contribution in [0.5, 0.6) is 5.75 Å². The summed E-state index contributed by atoms with van der Waals surface area (Å²) in [5, 5.41) is 12.0. The maximum atomic E-state index is 10.6. The number of hydrogen-bond acceptors (Lipinski definition) is 3. The van der Waals surface area contributed by atoms with Crippen LogP contribution in [-0.2, 0) is 0 Å². The van der Waals surface area contributed by atoms with Crippen molar-refractivity contribution in [2.45, 2.75) is 0 Å². The second-order valence-corrected chi connectivity index (χ2v) is 3.84. The molecule has 0 fully saturated rings. The lowest BCUT2D eigenvalue weighted by atomic mass is 10.1. The molecule has 0 aliphatic carbocycles. The third-order valence-electron chi connectivity index (χ3n) is 1.43. The fourth-order valence-electron chi connectivity index (χ4n) is 0.860. The second-order valence-electron chi connectivity index (χ2n) is 2.16. The molecule has 0 amide bonds. The lowest BCUT2D eigenvalue weighted by Crippen LogP contribution is -1.86. The van der Waals surface area contributed by atoms with Crippen molar-refractivity contribution in [1.29, 1.82) is 0 Å². The first-order valence-electron chi connectivity index (χ1n) is 3.35. The van der Waals surface area contributed by atoms with Crippen LogP contribution in [0.2, 0.25) is 0 Å². The van der Waals surface area contributed by atoms with E-state index in [4.69, 9.17) is 0 Å². The van der Waals surface area contributed by atoms with E-state index < -0.39 is 0 Å². The average molecular weight is 304 g/mol. The normalized spacial score (nSPS) is 8.69. The molecule has 13 heavy (non-hydrogen) atoms. The highest BCUT2D eigenvalue weighted by molar-refractivity contribution is 14.2. The largest absolute Gasteiger partial charge is 0.507 e. The van der Waals surface area contributed by atoms with Crippen molar-refractivity contribution >= 4 is 36.4 Å². The third-order valence-corrected chi connectivity index (χ3v) is 2.27. The molecule has 1 N–H and O–H groups in total. The van der Waals surface area contributed by atoms with Crippen LogP contribution in [0.4, 0.5) is 0 Å². The maximum absolute atomic E-state index is 10.6. The first-order chi connectivity index (χ1) is 6.29. The van der Waals surface area contributed by atoms with Crippen LogP contribution in [0.25, 0.3) is 0 Å². The van der Waals surface area contributed by atoms with E-state index >= 15 is 0 Å². The van der Waals surface area contributed by atoms with Gasteiger partial charge in [0.05, 0.1) is 5.56 Å². The molecular weight excluding hydrogens is 299 g/mol. The number of aldehydes is 1. The number of phenolic OH excluding ortho intramolecular Hbond substituents is 1. The molecule has 0 bridgehead atoms. The van der Waals surface area contributed by atoms with Gasteiger partial charge in [0.2, 0.25) is 0 Å². The summed E-state index contributed by atoms with van der Waals surface area (Å²) in [5.41, 5.74) is 0.805. The van der Waals surface area contributed by atoms with Crippen LogP contribution in [-0.4, -0.2) is 11.4 Å². The lowest BCUT2D eigenvalue weighted by Gasteiger charge is -1.98. The lowest BCUT2D eigenvalue weighted by molar-refractivity contribution is 0.112. The predicted molar refractivity (Wildman–Crippen MR) is 62.0 cm³/mol. The molecule has 0 radical (unpaired) electrons. The highest BCUT2D eigenvalue weighted by Gasteiger charge is 2.03. The first kappa shape index (κ1) is 10.4. The number of aromatic hydroxyl groups is 1. The molecule has 0 atom stereocenters. The fraction of sp³-hybridized carbons (Fsp3) is 0. The van der Waals surface area contributed by atoms with E-state index in [-0.39, 0.29) is 11.3 Å². The van der Waals surface area contributed by atoms with Gasteiger partial charge in [-0.25, -0.2) is 0 Å². The van der Waals surface area contributed by atoms with Gasteiger partial charge in [-0.3, -0.25) is 4.79 Å². The van der Waals surface area contributed by atoms with E-state index in [1.54, 1.807) is 12.1 Å². The topological polar surface area (TPSA) is 37.3 Å². The van der Waals surface area contributed by atoms with E-state index in [2.05, 4.69) is 11.2 Å². The van der Waals surface area contributed by atoms with E-state index in [0.717, 1.165) is 0 Å². The summed E-state index contributed by atoms with van der Waals surface area (Å²) in [6.07, 6.45) is 0.608. The zero-order valence-electron chi connectivity index (χ0n) is 6.45. The summed E-state index contributed by atoms with van der Waals surface area (Å²) in [5.74, 6) is 2.74. The van der Waals surface area contributed by atoms with Gasteiger partial charge in [-0.15, -0.1) is 0 Å². The van der Waals surface area contributed by atoms with Crippen molar-refractivity contribution in [2.24, 2.45) is 0 Å². The smallest absolute Gasteiger partial charge is 0.155 e. The van der Waals surface area contributed by atoms with Gasteiger partial charge in [-0.2, -0.15) is 0 Å². The molecule has 0 heterocycles. The summed E-state index contributed by atoms with van der Waals surface area (Å²) < 4.78 is 0. The Morgan fingerprint density at radius 3 is 2.92 bits per heavy atom. The number of rotatable bonds is 1. The molecule has 1 rings (SSSR count). The molecule has 66 valence electrons. The second kappa shape index (κ2) is 5.14. The Bertz CT molecular complexity index is 379. The summed E-state index contributed by atoms with van der Waals surface area (Å²) in [6.45, 7) is 0. The van der Waals surface area contributed by atoms with Crippen molar-refractivity contribution < 1.29 is 9.90 Å². The molecule has 0 unspecified atom stereocenters. The predicted octanol–water partition coefficient (Wildman–Crippen LogP) is 2.60. The number of benzene rings is 1. The van der Waals surface area contributed by atoms with Gasteiger partial charge in [0.25, 0.3) is 0 Å². The van der Waals surface area contributed by atoms with Gasteiger partial charge in [0, 0.05) is 26.8 Å². The van der Waals surface area contributed by atoms with Gasteiger partial charge in [-0.05, 0) is 26.3 Å². The number of phenols is 1. The van der Waals surface area contributed by atoms with Crippen LogP contribution in [0.15, 0.2) is 18.2 Å². The monoisotopic (exact) mass is 304 g/mol. The van der Waals surface area contributed by atoms with Crippen LogP contribution < -0.4 is 0 Å². The first-order valence-corrected chi connectivity index (χ1v) is 6.71. The van der Waals surface area contributed by atoms with Gasteiger partial charge < -0.3 is 5.11 Å². The van der Waals surface area contributed by atoms with Crippen molar-refractivity contribution in [3.63, 3.8) is 0 Å². The zero-order valence-corrected chi connectivity index (χ0v) is 9.43. The Kier molecular flexibility index (Phi) is 4.12. The molecule has 0 aliphatic heterocycles. The number of halogens is 1. The van der Waals surface area contributed by atoms with Gasteiger partial charge >= 0.3 is 0 Å². The standard InChI is InChI=1S/C9H5IO2S/c10-13-5-4-7-2-1-3-9(12)8(7)6-11/h1-3,6,12H. The Hall–Kier alpha value is -0.670. The van der Waals surface area contributed by atoms with Crippen molar-refractivity contribution in [3.8, 4) is 16.9 Å². The maximum Gasteiger partial charge on any atom is 0.155 e. The molecule has 4 heteroatoms. The Balaban J connectivity index is 3.20. The summed E-state index contributed by atoms with van der Waals surface area (Å²) in [6, 6.07) is 4.82. The molecule has 0 saturated heterocycles. The summed E-state index contributed by atoms with van der Waals surface area (Å²) in [4.78, 5) is 10.6. The zero-order chi connectivity index (χ0) is 9.68. The summed E-state index contributed by atoms with van der Waals surface area (Å²) >= 11 is 2.04. The minimum atomic E-state index is -0.0275. The van der Waals surface area contributed by atoms with Crippen molar-refractivity contribution in [2.75, 3.05) is 0 Å². The van der Waals surface area contributed by atoms with Gasteiger partial charge in [-0.1, -0.05) is 12.0 Å². The van der Waals surface area contributed by atoms with Gasteiger partial charge in [0.1, 0.15) is 5.75 Å². The SMILES string of the molecule is O=Cc1c(O)cccc1C#CSI. The average Bonchev–Trinajstić information content (AvgIpc) is 2.15. The van der Waals surface area contributed by atoms with Crippen molar-refractivity contribution in [1.82, 2.24) is 0 Å². The fourth-order valence-corrected chi connectivity index (χ4v) is 1.34. The van der Waals surface area contributed by atoms with E-state index in [9.17, 15) is 9.90 Å². The minimum absolute atomic E-state index is 0.0275. The van der Waals surface area contributed by atoms with Crippen LogP contribution in [0.3, 0.4) is 0 Å².